The zero-order chi connectivity index (χ0) is 18.0. The number of rotatable bonds is 5. The van der Waals surface area contributed by atoms with Crippen molar-refractivity contribution in [1.82, 2.24) is 15.3 Å². The third kappa shape index (κ3) is 5.06. The van der Waals surface area contributed by atoms with E-state index < -0.39 is 5.60 Å². The molecule has 2 aliphatic rings. The molecule has 0 aliphatic heterocycles. The van der Waals surface area contributed by atoms with Crippen LogP contribution in [0.3, 0.4) is 0 Å². The topological polar surface area (TPSA) is 76.1 Å². The van der Waals surface area contributed by atoms with Crippen LogP contribution >= 0.6 is 0 Å². The number of carbonyl (C=O) groups excluding carboxylic acids is 1. The van der Waals surface area contributed by atoms with Crippen molar-refractivity contribution in [2.45, 2.75) is 77.9 Å². The highest BCUT2D eigenvalue weighted by atomic mass is 16.6. The summed E-state index contributed by atoms with van der Waals surface area (Å²) in [4.78, 5) is 21.3. The molecule has 1 aromatic heterocycles. The van der Waals surface area contributed by atoms with Gasteiger partial charge in [-0.05, 0) is 72.1 Å². The highest BCUT2D eigenvalue weighted by Crippen LogP contribution is 2.33. The maximum atomic E-state index is 12.1. The Hall–Kier alpha value is -1.85. The molecule has 0 spiro atoms. The number of hydrogen-bond donors (Lipinski definition) is 2. The Bertz CT molecular complexity index is 635. The van der Waals surface area contributed by atoms with Crippen LogP contribution in [0.5, 0.6) is 0 Å². The number of ether oxygens (including phenoxy) is 1. The number of nitrogens with one attached hydrogen (secondary N) is 2. The molecule has 1 amide bonds. The minimum atomic E-state index is -0.478. The number of nitrogens with zero attached hydrogens (tertiary/aromatic N) is 2. The summed E-state index contributed by atoms with van der Waals surface area (Å²) >= 11 is 0. The van der Waals surface area contributed by atoms with Gasteiger partial charge in [0, 0.05) is 17.8 Å². The zero-order valence-electron chi connectivity index (χ0n) is 15.8. The molecule has 0 saturated heterocycles. The molecule has 0 radical (unpaired) electrons. The molecular weight excluding hydrogens is 316 g/mol. The summed E-state index contributed by atoms with van der Waals surface area (Å²) in [6.07, 6.45) is 6.43. The molecule has 1 aromatic rings. The molecule has 6 heteroatoms. The molecule has 25 heavy (non-hydrogen) atoms. The summed E-state index contributed by atoms with van der Waals surface area (Å²) in [5, 5.41) is 6.52. The van der Waals surface area contributed by atoms with Crippen molar-refractivity contribution in [3.8, 4) is 0 Å². The van der Waals surface area contributed by atoms with Crippen molar-refractivity contribution >= 4 is 11.9 Å². The molecule has 0 bridgehead atoms. The molecule has 1 heterocycles. The van der Waals surface area contributed by atoms with E-state index >= 15 is 0 Å². The average molecular weight is 346 g/mol. The highest BCUT2D eigenvalue weighted by molar-refractivity contribution is 5.68. The van der Waals surface area contributed by atoms with E-state index in [1.807, 2.05) is 27.7 Å². The monoisotopic (exact) mass is 346 g/mol. The predicted octanol–water partition coefficient (Wildman–Crippen LogP) is 3.38. The molecular formula is C19H30N4O2. The second-order valence-electron chi connectivity index (χ2n) is 8.22. The number of carbonyl (C=O) groups is 1. The van der Waals surface area contributed by atoms with Gasteiger partial charge in [0.15, 0.2) is 0 Å². The minimum absolute atomic E-state index is 0.0735. The summed E-state index contributed by atoms with van der Waals surface area (Å²) in [5.41, 5.74) is 1.96. The van der Waals surface area contributed by atoms with Crippen molar-refractivity contribution in [2.75, 3.05) is 11.9 Å². The van der Waals surface area contributed by atoms with E-state index in [-0.39, 0.29) is 12.1 Å². The van der Waals surface area contributed by atoms with Gasteiger partial charge in [0.25, 0.3) is 0 Å². The van der Waals surface area contributed by atoms with Gasteiger partial charge in [-0.15, -0.1) is 0 Å². The highest BCUT2D eigenvalue weighted by Gasteiger charge is 2.33. The van der Waals surface area contributed by atoms with Crippen LogP contribution < -0.4 is 10.6 Å². The third-order valence-electron chi connectivity index (χ3n) is 4.68. The number of aromatic nitrogens is 2. The summed E-state index contributed by atoms with van der Waals surface area (Å²) in [7, 11) is 0. The lowest BCUT2D eigenvalue weighted by molar-refractivity contribution is 0.0501. The standard InChI is InChI=1S/C19H30N4O2/c1-12-21-15-8-6-5-7-14(15)17(22-12)20-11-16(13-9-10-13)23-18(24)25-19(2,3)4/h13,16H,5-11H2,1-4H3,(H,23,24)(H,20,21,22). The van der Waals surface area contributed by atoms with E-state index in [9.17, 15) is 4.79 Å². The van der Waals surface area contributed by atoms with E-state index in [1.165, 1.54) is 24.1 Å². The van der Waals surface area contributed by atoms with Gasteiger partial charge in [0.05, 0.1) is 6.04 Å². The van der Waals surface area contributed by atoms with Crippen LogP contribution in [0.15, 0.2) is 0 Å². The van der Waals surface area contributed by atoms with E-state index in [4.69, 9.17) is 4.74 Å². The van der Waals surface area contributed by atoms with Gasteiger partial charge in [0.1, 0.15) is 17.2 Å². The van der Waals surface area contributed by atoms with Crippen molar-refractivity contribution in [3.63, 3.8) is 0 Å². The Labute approximate surface area is 150 Å². The Morgan fingerprint density at radius 2 is 1.96 bits per heavy atom. The van der Waals surface area contributed by atoms with E-state index in [0.717, 1.165) is 37.3 Å². The first-order valence-electron chi connectivity index (χ1n) is 9.41. The Kier molecular flexibility index (Phi) is 5.16. The first-order chi connectivity index (χ1) is 11.8. The number of aryl methyl sites for hydroxylation is 2. The fourth-order valence-corrected chi connectivity index (χ4v) is 3.36. The quantitative estimate of drug-likeness (QED) is 0.855. The second kappa shape index (κ2) is 7.18. The fourth-order valence-electron chi connectivity index (χ4n) is 3.36. The molecule has 1 saturated carbocycles. The summed E-state index contributed by atoms with van der Waals surface area (Å²) in [5.74, 6) is 2.28. The van der Waals surface area contributed by atoms with Gasteiger partial charge in [-0.25, -0.2) is 14.8 Å². The van der Waals surface area contributed by atoms with Crippen molar-refractivity contribution < 1.29 is 9.53 Å². The van der Waals surface area contributed by atoms with Crippen molar-refractivity contribution in [1.29, 1.82) is 0 Å². The molecule has 2 aliphatic carbocycles. The van der Waals surface area contributed by atoms with Crippen LogP contribution in [0.1, 0.15) is 63.5 Å². The Morgan fingerprint density at radius 3 is 2.64 bits per heavy atom. The van der Waals surface area contributed by atoms with Crippen LogP contribution in [0, 0.1) is 12.8 Å². The molecule has 138 valence electrons. The van der Waals surface area contributed by atoms with E-state index in [0.29, 0.717) is 12.5 Å². The maximum Gasteiger partial charge on any atom is 0.407 e. The van der Waals surface area contributed by atoms with E-state index in [1.54, 1.807) is 0 Å². The predicted molar refractivity (Wildman–Crippen MR) is 97.8 cm³/mol. The Morgan fingerprint density at radius 1 is 1.24 bits per heavy atom. The largest absolute Gasteiger partial charge is 0.444 e. The van der Waals surface area contributed by atoms with Crippen molar-refractivity contribution in [3.05, 3.63) is 17.1 Å². The number of fused-ring (bicyclic) bond motifs is 1. The zero-order valence-corrected chi connectivity index (χ0v) is 15.8. The molecule has 6 nitrogen and oxygen atoms in total. The minimum Gasteiger partial charge on any atom is -0.444 e. The maximum absolute atomic E-state index is 12.1. The van der Waals surface area contributed by atoms with Crippen LogP contribution in [0.25, 0.3) is 0 Å². The second-order valence-corrected chi connectivity index (χ2v) is 8.22. The Balaban J connectivity index is 1.64. The normalized spacial score (nSPS) is 18.2. The molecule has 1 fully saturated rings. The van der Waals surface area contributed by atoms with Crippen LogP contribution in [0.2, 0.25) is 0 Å². The first kappa shape index (κ1) is 18.0. The lowest BCUT2D eigenvalue weighted by Gasteiger charge is -2.25. The number of anilines is 1. The van der Waals surface area contributed by atoms with Crippen LogP contribution in [-0.4, -0.2) is 34.2 Å². The van der Waals surface area contributed by atoms with Crippen LogP contribution in [0.4, 0.5) is 10.6 Å². The van der Waals surface area contributed by atoms with Gasteiger partial charge in [-0.2, -0.15) is 0 Å². The lowest BCUT2D eigenvalue weighted by atomic mass is 9.96. The van der Waals surface area contributed by atoms with Gasteiger partial charge in [-0.1, -0.05) is 0 Å². The SMILES string of the molecule is Cc1nc2c(c(NCC(NC(=O)OC(C)(C)C)C3CC3)n1)CCCC2. The van der Waals surface area contributed by atoms with E-state index in [2.05, 4.69) is 20.6 Å². The van der Waals surface area contributed by atoms with Gasteiger partial charge in [-0.3, -0.25) is 0 Å². The van der Waals surface area contributed by atoms with Crippen LogP contribution in [-0.2, 0) is 17.6 Å². The average Bonchev–Trinajstić information content (AvgIpc) is 3.34. The molecule has 0 aromatic carbocycles. The first-order valence-corrected chi connectivity index (χ1v) is 9.41. The van der Waals surface area contributed by atoms with Gasteiger partial charge in [0.2, 0.25) is 0 Å². The van der Waals surface area contributed by atoms with Crippen molar-refractivity contribution in [2.24, 2.45) is 5.92 Å². The molecule has 1 atom stereocenters. The molecule has 3 rings (SSSR count). The third-order valence-corrected chi connectivity index (χ3v) is 4.68. The van der Waals surface area contributed by atoms with Gasteiger partial charge >= 0.3 is 6.09 Å². The molecule has 2 N–H and O–H groups in total. The summed E-state index contributed by atoms with van der Waals surface area (Å²) < 4.78 is 5.40. The summed E-state index contributed by atoms with van der Waals surface area (Å²) in [6, 6.07) is 0.0735. The number of hydrogen-bond acceptors (Lipinski definition) is 5. The fraction of sp³-hybridized carbons (Fsp3) is 0.737. The number of alkyl carbamates (subject to hydrolysis) is 1. The van der Waals surface area contributed by atoms with Gasteiger partial charge < -0.3 is 15.4 Å². The lowest BCUT2D eigenvalue weighted by Crippen LogP contribution is -2.44. The smallest absolute Gasteiger partial charge is 0.407 e. The number of amides is 1. The summed E-state index contributed by atoms with van der Waals surface area (Å²) in [6.45, 7) is 8.26. The molecule has 1 unspecified atom stereocenters.